The van der Waals surface area contributed by atoms with E-state index in [2.05, 4.69) is 10.2 Å². The van der Waals surface area contributed by atoms with E-state index in [1.54, 1.807) is 7.05 Å². The number of rotatable bonds is 3. The molecular weight excluding hydrogens is 263 g/mol. The first-order valence-electron chi connectivity index (χ1n) is 4.93. The molecule has 2 aromatic rings. The van der Waals surface area contributed by atoms with Crippen molar-refractivity contribution in [2.75, 3.05) is 0 Å². The van der Waals surface area contributed by atoms with Crippen LogP contribution in [0, 0.1) is 15.9 Å². The SMILES string of the molecule is Cn1c(CCl)nnc1-c1ccc(F)cc1[N+](=O)[O-]. The predicted octanol–water partition coefficient (Wildman–Crippen LogP) is 2.27. The third-order valence-corrected chi connectivity index (χ3v) is 2.72. The van der Waals surface area contributed by atoms with Crippen LogP contribution >= 0.6 is 11.6 Å². The lowest BCUT2D eigenvalue weighted by molar-refractivity contribution is -0.384. The summed E-state index contributed by atoms with van der Waals surface area (Å²) in [4.78, 5) is 10.2. The number of aromatic nitrogens is 3. The molecule has 0 radical (unpaired) electrons. The van der Waals surface area contributed by atoms with Crippen molar-refractivity contribution in [3.05, 3.63) is 40.0 Å². The van der Waals surface area contributed by atoms with Crippen LogP contribution in [-0.4, -0.2) is 19.7 Å². The van der Waals surface area contributed by atoms with Gasteiger partial charge in [0.05, 0.1) is 22.4 Å². The molecule has 6 nitrogen and oxygen atoms in total. The highest BCUT2D eigenvalue weighted by Gasteiger charge is 2.21. The third-order valence-electron chi connectivity index (χ3n) is 2.48. The first-order valence-corrected chi connectivity index (χ1v) is 5.46. The summed E-state index contributed by atoms with van der Waals surface area (Å²) in [6.45, 7) is 0. The van der Waals surface area contributed by atoms with E-state index in [1.807, 2.05) is 0 Å². The van der Waals surface area contributed by atoms with Crippen LogP contribution in [0.5, 0.6) is 0 Å². The van der Waals surface area contributed by atoms with Gasteiger partial charge in [-0.2, -0.15) is 0 Å². The maximum absolute atomic E-state index is 13.0. The molecule has 0 aliphatic carbocycles. The van der Waals surface area contributed by atoms with Crippen molar-refractivity contribution < 1.29 is 9.31 Å². The summed E-state index contributed by atoms with van der Waals surface area (Å²) in [5, 5.41) is 18.5. The topological polar surface area (TPSA) is 73.8 Å². The van der Waals surface area contributed by atoms with Crippen molar-refractivity contribution in [2.45, 2.75) is 5.88 Å². The Hall–Kier alpha value is -2.02. The minimum absolute atomic E-state index is 0.137. The van der Waals surface area contributed by atoms with Crippen LogP contribution in [0.2, 0.25) is 0 Å². The summed E-state index contributed by atoms with van der Waals surface area (Å²) in [6.07, 6.45) is 0. The number of nitro benzene ring substituents is 1. The molecule has 0 unspecified atom stereocenters. The molecule has 94 valence electrons. The molecule has 2 rings (SSSR count). The van der Waals surface area contributed by atoms with Crippen LogP contribution in [0.25, 0.3) is 11.4 Å². The van der Waals surface area contributed by atoms with E-state index >= 15 is 0 Å². The summed E-state index contributed by atoms with van der Waals surface area (Å²) in [5.41, 5.74) is -0.153. The molecule has 0 N–H and O–H groups in total. The van der Waals surface area contributed by atoms with Crippen LogP contribution in [0.3, 0.4) is 0 Å². The van der Waals surface area contributed by atoms with E-state index < -0.39 is 10.7 Å². The molecule has 0 amide bonds. The van der Waals surface area contributed by atoms with Gasteiger partial charge in [-0.3, -0.25) is 10.1 Å². The molecule has 0 saturated carbocycles. The standard InChI is InChI=1S/C10H8ClFN4O2/c1-15-9(5-11)13-14-10(15)7-3-2-6(12)4-8(7)16(17)18/h2-4H,5H2,1H3. The van der Waals surface area contributed by atoms with Crippen LogP contribution in [0.15, 0.2) is 18.2 Å². The summed E-state index contributed by atoms with van der Waals surface area (Å²) in [6, 6.07) is 3.29. The summed E-state index contributed by atoms with van der Waals surface area (Å²) < 4.78 is 14.6. The van der Waals surface area contributed by atoms with Gasteiger partial charge in [-0.25, -0.2) is 4.39 Å². The zero-order valence-corrected chi connectivity index (χ0v) is 10.1. The maximum Gasteiger partial charge on any atom is 0.283 e. The molecule has 0 aliphatic rings. The molecule has 8 heteroatoms. The average Bonchev–Trinajstić information content (AvgIpc) is 2.70. The average molecular weight is 271 g/mol. The Morgan fingerprint density at radius 2 is 2.22 bits per heavy atom. The Labute approximate surface area is 106 Å². The normalized spacial score (nSPS) is 10.6. The predicted molar refractivity (Wildman–Crippen MR) is 62.6 cm³/mol. The van der Waals surface area contributed by atoms with Gasteiger partial charge in [0.2, 0.25) is 0 Å². The second-order valence-electron chi connectivity index (χ2n) is 3.55. The van der Waals surface area contributed by atoms with Crippen molar-refractivity contribution in [3.8, 4) is 11.4 Å². The molecule has 0 bridgehead atoms. The number of nitrogens with zero attached hydrogens (tertiary/aromatic N) is 4. The zero-order chi connectivity index (χ0) is 13.3. The molecular formula is C10H8ClFN4O2. The third kappa shape index (κ3) is 2.04. The Balaban J connectivity index is 2.63. The first kappa shape index (κ1) is 12.4. The smallest absolute Gasteiger partial charge is 0.283 e. The summed E-state index contributed by atoms with van der Waals surface area (Å²) in [7, 11) is 1.64. The van der Waals surface area contributed by atoms with Gasteiger partial charge in [0.1, 0.15) is 11.6 Å². The molecule has 0 saturated heterocycles. The Kier molecular flexibility index (Phi) is 3.24. The van der Waals surface area contributed by atoms with E-state index in [1.165, 1.54) is 10.6 Å². The summed E-state index contributed by atoms with van der Waals surface area (Å²) in [5.74, 6) is 0.214. The minimum Gasteiger partial charge on any atom is -0.313 e. The van der Waals surface area contributed by atoms with E-state index in [4.69, 9.17) is 11.6 Å². The van der Waals surface area contributed by atoms with Crippen LogP contribution in [0.4, 0.5) is 10.1 Å². The van der Waals surface area contributed by atoms with Gasteiger partial charge >= 0.3 is 0 Å². The van der Waals surface area contributed by atoms with Crippen molar-refractivity contribution in [2.24, 2.45) is 7.05 Å². The van der Waals surface area contributed by atoms with Crippen molar-refractivity contribution >= 4 is 17.3 Å². The molecule has 0 aliphatic heterocycles. The molecule has 0 atom stereocenters. The van der Waals surface area contributed by atoms with Crippen molar-refractivity contribution in [1.29, 1.82) is 0 Å². The Bertz CT molecular complexity index is 614. The maximum atomic E-state index is 13.0. The highest BCUT2D eigenvalue weighted by Crippen LogP contribution is 2.29. The van der Waals surface area contributed by atoms with Gasteiger partial charge in [0.25, 0.3) is 5.69 Å². The van der Waals surface area contributed by atoms with Crippen molar-refractivity contribution in [1.82, 2.24) is 14.8 Å². The van der Waals surface area contributed by atoms with Gasteiger partial charge in [0.15, 0.2) is 5.82 Å². The molecule has 0 fully saturated rings. The summed E-state index contributed by atoms with van der Waals surface area (Å²) >= 11 is 5.64. The monoisotopic (exact) mass is 270 g/mol. The minimum atomic E-state index is -0.676. The van der Waals surface area contributed by atoms with E-state index in [0.29, 0.717) is 5.82 Å². The van der Waals surface area contributed by atoms with Gasteiger partial charge in [-0.05, 0) is 12.1 Å². The van der Waals surface area contributed by atoms with E-state index in [0.717, 1.165) is 12.1 Å². The molecule has 1 aromatic heterocycles. The van der Waals surface area contributed by atoms with Gasteiger partial charge in [-0.1, -0.05) is 0 Å². The first-order chi connectivity index (χ1) is 8.54. The Morgan fingerprint density at radius 3 is 2.78 bits per heavy atom. The van der Waals surface area contributed by atoms with E-state index in [9.17, 15) is 14.5 Å². The number of alkyl halides is 1. The number of hydrogen-bond acceptors (Lipinski definition) is 4. The fourth-order valence-electron chi connectivity index (χ4n) is 1.56. The number of hydrogen-bond donors (Lipinski definition) is 0. The highest BCUT2D eigenvalue weighted by atomic mass is 35.5. The van der Waals surface area contributed by atoms with Crippen molar-refractivity contribution in [3.63, 3.8) is 0 Å². The van der Waals surface area contributed by atoms with Gasteiger partial charge in [-0.15, -0.1) is 21.8 Å². The molecule has 1 aromatic carbocycles. The fraction of sp³-hybridized carbons (Fsp3) is 0.200. The second kappa shape index (κ2) is 4.69. The quantitative estimate of drug-likeness (QED) is 0.487. The van der Waals surface area contributed by atoms with Gasteiger partial charge < -0.3 is 4.57 Å². The number of benzene rings is 1. The lowest BCUT2D eigenvalue weighted by atomic mass is 10.1. The lowest BCUT2D eigenvalue weighted by Gasteiger charge is -2.03. The second-order valence-corrected chi connectivity index (χ2v) is 3.82. The Morgan fingerprint density at radius 1 is 1.50 bits per heavy atom. The lowest BCUT2D eigenvalue weighted by Crippen LogP contribution is -2.00. The molecule has 1 heterocycles. The number of halogens is 2. The highest BCUT2D eigenvalue weighted by molar-refractivity contribution is 6.16. The fourth-order valence-corrected chi connectivity index (χ4v) is 1.79. The number of nitro groups is 1. The van der Waals surface area contributed by atoms with Gasteiger partial charge in [0, 0.05) is 7.05 Å². The van der Waals surface area contributed by atoms with E-state index in [-0.39, 0.29) is 23.0 Å². The van der Waals surface area contributed by atoms with Crippen LogP contribution in [0.1, 0.15) is 5.82 Å². The van der Waals surface area contributed by atoms with Crippen LogP contribution < -0.4 is 0 Å². The largest absolute Gasteiger partial charge is 0.313 e. The van der Waals surface area contributed by atoms with Crippen LogP contribution in [-0.2, 0) is 12.9 Å². The molecule has 18 heavy (non-hydrogen) atoms. The zero-order valence-electron chi connectivity index (χ0n) is 9.30. The molecule has 0 spiro atoms.